The van der Waals surface area contributed by atoms with Crippen LogP contribution in [0.15, 0.2) is 54.7 Å². The molecule has 37 heavy (non-hydrogen) atoms. The number of aryl methyl sites for hydroxylation is 1. The maximum absolute atomic E-state index is 13.4. The Labute approximate surface area is 218 Å². The first-order chi connectivity index (χ1) is 17.8. The molecule has 6 nitrogen and oxygen atoms in total. The van der Waals surface area contributed by atoms with Gasteiger partial charge in [-0.2, -0.15) is 0 Å². The number of ether oxygens (including phenoxy) is 2. The quantitative estimate of drug-likeness (QED) is 0.337. The maximum Gasteiger partial charge on any atom is 0.418 e. The fourth-order valence-electron chi connectivity index (χ4n) is 5.77. The molecule has 5 rings (SSSR count). The number of hydrogen-bond donors (Lipinski definition) is 0. The molecule has 2 aliphatic rings. The number of hydrogen-bond acceptors (Lipinski definition) is 4. The van der Waals surface area contributed by atoms with Gasteiger partial charge in [-0.05, 0) is 69.7 Å². The molecular weight excluding hydrogens is 464 g/mol. The number of fused-ring (bicyclic) bond motifs is 5. The van der Waals surface area contributed by atoms with Gasteiger partial charge in [0.15, 0.2) is 0 Å². The minimum Gasteiger partial charge on any atom is -0.465 e. The largest absolute Gasteiger partial charge is 0.465 e. The van der Waals surface area contributed by atoms with E-state index >= 15 is 0 Å². The number of aromatic nitrogens is 1. The third kappa shape index (κ3) is 4.89. The summed E-state index contributed by atoms with van der Waals surface area (Å²) in [5.74, 6) is 0.0874. The molecule has 1 fully saturated rings. The lowest BCUT2D eigenvalue weighted by Crippen LogP contribution is -2.33. The van der Waals surface area contributed by atoms with Gasteiger partial charge in [0.2, 0.25) is 0 Å². The molecule has 1 amide bonds. The lowest BCUT2D eigenvalue weighted by atomic mass is 9.81. The van der Waals surface area contributed by atoms with Gasteiger partial charge in [0.05, 0.1) is 24.1 Å². The molecule has 0 N–H and O–H groups in total. The zero-order valence-corrected chi connectivity index (χ0v) is 22.3. The Morgan fingerprint density at radius 2 is 1.76 bits per heavy atom. The van der Waals surface area contributed by atoms with Crippen molar-refractivity contribution in [1.29, 1.82) is 0 Å². The van der Waals surface area contributed by atoms with Gasteiger partial charge in [0, 0.05) is 29.2 Å². The van der Waals surface area contributed by atoms with Crippen LogP contribution in [0.25, 0.3) is 22.2 Å². The summed E-state index contributed by atoms with van der Waals surface area (Å²) in [6.07, 6.45) is 10.2. The minimum absolute atomic E-state index is 0.337. The van der Waals surface area contributed by atoms with E-state index in [0.29, 0.717) is 11.5 Å². The minimum atomic E-state index is -0.606. The van der Waals surface area contributed by atoms with E-state index in [1.165, 1.54) is 37.3 Å². The predicted octanol–water partition coefficient (Wildman–Crippen LogP) is 7.80. The van der Waals surface area contributed by atoms with Crippen LogP contribution in [0.1, 0.15) is 81.1 Å². The molecule has 1 aromatic heterocycles. The Kier molecular flexibility index (Phi) is 6.84. The van der Waals surface area contributed by atoms with E-state index < -0.39 is 11.7 Å². The summed E-state index contributed by atoms with van der Waals surface area (Å²) >= 11 is 0. The number of benzene rings is 2. The van der Waals surface area contributed by atoms with Gasteiger partial charge in [0.25, 0.3) is 0 Å². The number of allylic oxidation sites excluding steroid dienone is 1. The number of rotatable bonds is 2. The molecule has 0 radical (unpaired) electrons. The van der Waals surface area contributed by atoms with Gasteiger partial charge in [-0.1, -0.05) is 49.6 Å². The number of esters is 1. The standard InChI is InChI=1S/C31H36N2O4/c1-31(2,3)37-30(35)33-19-11-10-18-32-26-20-22(29(34)36-4)16-17-23(26)27(21-12-6-5-7-13-21)28(32)24-14-8-9-15-25(24)33/h8-9,11,14-17,19-21H,5-7,10,12-13,18H2,1-4H3. The topological polar surface area (TPSA) is 60.8 Å². The van der Waals surface area contributed by atoms with Gasteiger partial charge in [-0.15, -0.1) is 0 Å². The Morgan fingerprint density at radius 1 is 1.00 bits per heavy atom. The van der Waals surface area contributed by atoms with E-state index in [1.807, 2.05) is 63.4 Å². The van der Waals surface area contributed by atoms with Gasteiger partial charge in [-0.3, -0.25) is 4.90 Å². The number of anilines is 1. The van der Waals surface area contributed by atoms with Gasteiger partial charge in [0.1, 0.15) is 5.60 Å². The fraction of sp³-hybridized carbons (Fsp3) is 0.419. The van der Waals surface area contributed by atoms with Crippen molar-refractivity contribution in [2.45, 2.75) is 77.4 Å². The molecule has 3 aromatic rings. The number of amides is 1. The van der Waals surface area contributed by atoms with E-state index in [-0.39, 0.29) is 5.97 Å². The summed E-state index contributed by atoms with van der Waals surface area (Å²) in [5, 5.41) is 1.18. The van der Waals surface area contributed by atoms with Crippen LogP contribution < -0.4 is 4.90 Å². The molecule has 0 spiro atoms. The van der Waals surface area contributed by atoms with Crippen molar-refractivity contribution in [2.75, 3.05) is 12.0 Å². The number of carbonyl (C=O) groups is 2. The Morgan fingerprint density at radius 3 is 2.49 bits per heavy atom. The summed E-state index contributed by atoms with van der Waals surface area (Å²) in [6.45, 7) is 6.38. The molecule has 194 valence electrons. The summed E-state index contributed by atoms with van der Waals surface area (Å²) < 4.78 is 13.2. The van der Waals surface area contributed by atoms with Crippen molar-refractivity contribution in [3.8, 4) is 11.3 Å². The number of nitrogens with zero attached hydrogens (tertiary/aromatic N) is 2. The van der Waals surface area contributed by atoms with Crippen LogP contribution in [0.4, 0.5) is 10.5 Å². The molecule has 1 aliphatic heterocycles. The first kappa shape index (κ1) is 25.1. The predicted molar refractivity (Wildman–Crippen MR) is 147 cm³/mol. The molecule has 0 atom stereocenters. The van der Waals surface area contributed by atoms with Crippen molar-refractivity contribution in [2.24, 2.45) is 0 Å². The molecule has 6 heteroatoms. The van der Waals surface area contributed by atoms with E-state index in [9.17, 15) is 9.59 Å². The molecule has 0 saturated heterocycles. The van der Waals surface area contributed by atoms with Gasteiger partial charge in [-0.25, -0.2) is 9.59 Å². The van der Waals surface area contributed by atoms with Crippen LogP contribution in [0.5, 0.6) is 0 Å². The maximum atomic E-state index is 13.4. The van der Waals surface area contributed by atoms with Crippen molar-refractivity contribution < 1.29 is 19.1 Å². The SMILES string of the molecule is COC(=O)c1ccc2c(C3CCCCC3)c3n(c2c1)CCC=CN(C(=O)OC(C)(C)C)c1ccccc1-3. The van der Waals surface area contributed by atoms with E-state index in [2.05, 4.69) is 16.7 Å². The molecule has 1 aliphatic carbocycles. The van der Waals surface area contributed by atoms with E-state index in [1.54, 1.807) is 4.90 Å². The fourth-order valence-corrected chi connectivity index (χ4v) is 5.77. The second kappa shape index (κ2) is 10.1. The van der Waals surface area contributed by atoms with Gasteiger partial charge < -0.3 is 14.0 Å². The Hall–Kier alpha value is -3.54. The normalized spacial score (nSPS) is 16.4. The number of carbonyl (C=O) groups excluding carboxylic acids is 2. The monoisotopic (exact) mass is 500 g/mol. The number of para-hydroxylation sites is 1. The third-order valence-corrected chi connectivity index (χ3v) is 7.32. The van der Waals surface area contributed by atoms with Crippen LogP contribution in [0.3, 0.4) is 0 Å². The second-order valence-corrected chi connectivity index (χ2v) is 11.0. The zero-order chi connectivity index (χ0) is 26.2. The molecule has 0 bridgehead atoms. The Balaban J connectivity index is 1.78. The van der Waals surface area contributed by atoms with E-state index in [0.717, 1.165) is 48.3 Å². The van der Waals surface area contributed by atoms with Crippen LogP contribution in [-0.4, -0.2) is 29.3 Å². The van der Waals surface area contributed by atoms with Crippen molar-refractivity contribution in [1.82, 2.24) is 4.57 Å². The summed E-state index contributed by atoms with van der Waals surface area (Å²) in [7, 11) is 1.42. The summed E-state index contributed by atoms with van der Waals surface area (Å²) in [6, 6.07) is 14.0. The lowest BCUT2D eigenvalue weighted by Gasteiger charge is -2.28. The first-order valence-corrected chi connectivity index (χ1v) is 13.3. The highest BCUT2D eigenvalue weighted by Crippen LogP contribution is 2.47. The average molecular weight is 501 g/mol. The average Bonchev–Trinajstić information content (AvgIpc) is 3.23. The van der Waals surface area contributed by atoms with E-state index in [4.69, 9.17) is 9.47 Å². The summed E-state index contributed by atoms with van der Waals surface area (Å²) in [5.41, 5.74) is 5.23. The summed E-state index contributed by atoms with van der Waals surface area (Å²) in [4.78, 5) is 27.5. The van der Waals surface area contributed by atoms with Crippen LogP contribution in [-0.2, 0) is 16.0 Å². The smallest absolute Gasteiger partial charge is 0.418 e. The molecular formula is C31H36N2O4. The number of methoxy groups -OCH3 is 1. The Bertz CT molecular complexity index is 1360. The molecule has 2 heterocycles. The molecule has 0 unspecified atom stereocenters. The van der Waals surface area contributed by atoms with Gasteiger partial charge >= 0.3 is 12.1 Å². The van der Waals surface area contributed by atoms with Crippen LogP contribution >= 0.6 is 0 Å². The van der Waals surface area contributed by atoms with Crippen LogP contribution in [0, 0.1) is 0 Å². The highest BCUT2D eigenvalue weighted by atomic mass is 16.6. The van der Waals surface area contributed by atoms with Crippen molar-refractivity contribution in [3.05, 3.63) is 65.9 Å². The highest BCUT2D eigenvalue weighted by molar-refractivity contribution is 6.02. The zero-order valence-electron chi connectivity index (χ0n) is 22.3. The van der Waals surface area contributed by atoms with Crippen LogP contribution in [0.2, 0.25) is 0 Å². The lowest BCUT2D eigenvalue weighted by molar-refractivity contribution is 0.0588. The molecule has 2 aromatic carbocycles. The van der Waals surface area contributed by atoms with Crippen molar-refractivity contribution in [3.63, 3.8) is 0 Å². The molecule has 1 saturated carbocycles. The first-order valence-electron chi connectivity index (χ1n) is 13.3. The highest BCUT2D eigenvalue weighted by Gasteiger charge is 2.31. The van der Waals surface area contributed by atoms with Crippen molar-refractivity contribution >= 4 is 28.7 Å². The second-order valence-electron chi connectivity index (χ2n) is 11.0. The third-order valence-electron chi connectivity index (χ3n) is 7.32.